The van der Waals surface area contributed by atoms with Gasteiger partial charge in [0.25, 0.3) is 0 Å². The third kappa shape index (κ3) is 3.34. The van der Waals surface area contributed by atoms with E-state index in [-0.39, 0.29) is 0 Å². The molecule has 94 valence electrons. The first kappa shape index (κ1) is 13.1. The molecule has 0 fully saturated rings. The van der Waals surface area contributed by atoms with Crippen molar-refractivity contribution in [1.29, 1.82) is 0 Å². The van der Waals surface area contributed by atoms with Gasteiger partial charge in [-0.15, -0.1) is 0 Å². The second-order valence-corrected chi connectivity index (χ2v) is 4.97. The highest BCUT2D eigenvalue weighted by Crippen LogP contribution is 2.26. The van der Waals surface area contributed by atoms with Crippen LogP contribution < -0.4 is 4.74 Å². The number of halogens is 1. The van der Waals surface area contributed by atoms with Gasteiger partial charge in [-0.05, 0) is 42.3 Å². The highest BCUT2D eigenvalue weighted by molar-refractivity contribution is 9.10. The lowest BCUT2D eigenvalue weighted by Gasteiger charge is -2.10. The SMILES string of the molecule is CC[C@H](O)c1ccc(Oc2cccc(Br)c2)cc1. The van der Waals surface area contributed by atoms with E-state index in [2.05, 4.69) is 15.9 Å². The van der Waals surface area contributed by atoms with Gasteiger partial charge in [-0.1, -0.05) is 41.1 Å². The van der Waals surface area contributed by atoms with Gasteiger partial charge in [0, 0.05) is 4.47 Å². The molecule has 0 heterocycles. The van der Waals surface area contributed by atoms with Gasteiger partial charge in [-0.25, -0.2) is 0 Å². The fourth-order valence-electron chi connectivity index (χ4n) is 1.66. The first-order valence-corrected chi connectivity index (χ1v) is 6.70. The molecule has 0 aliphatic heterocycles. The second-order valence-electron chi connectivity index (χ2n) is 4.05. The van der Waals surface area contributed by atoms with Crippen LogP contribution in [0, 0.1) is 0 Å². The molecule has 0 spiro atoms. The highest BCUT2D eigenvalue weighted by Gasteiger charge is 2.04. The maximum atomic E-state index is 9.70. The molecule has 0 aliphatic carbocycles. The van der Waals surface area contributed by atoms with Crippen LogP contribution in [0.1, 0.15) is 25.0 Å². The lowest BCUT2D eigenvalue weighted by Crippen LogP contribution is -1.94. The van der Waals surface area contributed by atoms with Crippen LogP contribution in [-0.2, 0) is 0 Å². The van der Waals surface area contributed by atoms with Crippen molar-refractivity contribution < 1.29 is 9.84 Å². The predicted octanol–water partition coefficient (Wildman–Crippen LogP) is 4.68. The molecular formula is C15H15BrO2. The van der Waals surface area contributed by atoms with E-state index in [1.807, 2.05) is 55.5 Å². The van der Waals surface area contributed by atoms with Crippen LogP contribution in [0.15, 0.2) is 53.0 Å². The minimum absolute atomic E-state index is 0.398. The molecule has 0 bridgehead atoms. The first-order valence-electron chi connectivity index (χ1n) is 5.90. The van der Waals surface area contributed by atoms with Crippen LogP contribution in [0.4, 0.5) is 0 Å². The zero-order valence-electron chi connectivity index (χ0n) is 10.1. The topological polar surface area (TPSA) is 29.5 Å². The Labute approximate surface area is 115 Å². The molecule has 2 nitrogen and oxygen atoms in total. The van der Waals surface area contributed by atoms with Crippen LogP contribution in [0.5, 0.6) is 11.5 Å². The van der Waals surface area contributed by atoms with Crippen LogP contribution in [0.2, 0.25) is 0 Å². The average Bonchev–Trinajstić information content (AvgIpc) is 2.39. The Morgan fingerprint density at radius 1 is 1.11 bits per heavy atom. The summed E-state index contributed by atoms with van der Waals surface area (Å²) < 4.78 is 6.70. The zero-order chi connectivity index (χ0) is 13.0. The Kier molecular flexibility index (Phi) is 4.39. The van der Waals surface area contributed by atoms with Gasteiger partial charge in [0.2, 0.25) is 0 Å². The number of hydrogen-bond donors (Lipinski definition) is 1. The van der Waals surface area contributed by atoms with Crippen molar-refractivity contribution >= 4 is 15.9 Å². The van der Waals surface area contributed by atoms with E-state index in [0.29, 0.717) is 6.42 Å². The third-order valence-electron chi connectivity index (χ3n) is 2.68. The minimum atomic E-state index is -0.398. The molecule has 0 aliphatic rings. The first-order chi connectivity index (χ1) is 8.69. The van der Waals surface area contributed by atoms with Gasteiger partial charge >= 0.3 is 0 Å². The number of hydrogen-bond acceptors (Lipinski definition) is 2. The maximum absolute atomic E-state index is 9.70. The molecule has 0 aromatic heterocycles. The van der Waals surface area contributed by atoms with E-state index >= 15 is 0 Å². The van der Waals surface area contributed by atoms with Crippen molar-refractivity contribution in [3.8, 4) is 11.5 Å². The minimum Gasteiger partial charge on any atom is -0.457 e. The Hall–Kier alpha value is -1.32. The van der Waals surface area contributed by atoms with Crippen molar-refractivity contribution in [3.05, 3.63) is 58.6 Å². The van der Waals surface area contributed by atoms with E-state index in [9.17, 15) is 5.11 Å². The van der Waals surface area contributed by atoms with E-state index in [1.165, 1.54) is 0 Å². The smallest absolute Gasteiger partial charge is 0.128 e. The molecule has 2 aromatic carbocycles. The molecule has 2 rings (SSSR count). The van der Waals surface area contributed by atoms with Gasteiger partial charge in [-0.2, -0.15) is 0 Å². The summed E-state index contributed by atoms with van der Waals surface area (Å²) in [5.74, 6) is 1.55. The summed E-state index contributed by atoms with van der Waals surface area (Å²) in [7, 11) is 0. The number of aliphatic hydroxyl groups excluding tert-OH is 1. The molecule has 2 aromatic rings. The van der Waals surface area contributed by atoms with Crippen LogP contribution in [0.25, 0.3) is 0 Å². The Morgan fingerprint density at radius 3 is 2.44 bits per heavy atom. The molecule has 0 saturated heterocycles. The summed E-state index contributed by atoms with van der Waals surface area (Å²) in [5, 5.41) is 9.70. The van der Waals surface area contributed by atoms with Gasteiger partial charge in [0.1, 0.15) is 11.5 Å². The van der Waals surface area contributed by atoms with Gasteiger partial charge in [0.05, 0.1) is 6.10 Å². The number of aliphatic hydroxyl groups is 1. The zero-order valence-corrected chi connectivity index (χ0v) is 11.7. The molecule has 1 atom stereocenters. The van der Waals surface area contributed by atoms with E-state index in [4.69, 9.17) is 4.74 Å². The predicted molar refractivity (Wildman–Crippen MR) is 75.9 cm³/mol. The molecule has 0 amide bonds. The molecule has 0 radical (unpaired) electrons. The Bertz CT molecular complexity index is 508. The molecule has 18 heavy (non-hydrogen) atoms. The van der Waals surface area contributed by atoms with Crippen molar-refractivity contribution in [2.45, 2.75) is 19.4 Å². The summed E-state index contributed by atoms with van der Waals surface area (Å²) in [4.78, 5) is 0. The Morgan fingerprint density at radius 2 is 1.83 bits per heavy atom. The van der Waals surface area contributed by atoms with Crippen LogP contribution >= 0.6 is 15.9 Å². The van der Waals surface area contributed by atoms with E-state index in [0.717, 1.165) is 21.5 Å². The summed E-state index contributed by atoms with van der Waals surface area (Å²) in [6.07, 6.45) is 0.316. The normalized spacial score (nSPS) is 12.2. The lowest BCUT2D eigenvalue weighted by molar-refractivity contribution is 0.173. The van der Waals surface area contributed by atoms with E-state index < -0.39 is 6.10 Å². The molecule has 0 unspecified atom stereocenters. The highest BCUT2D eigenvalue weighted by atomic mass is 79.9. The van der Waals surface area contributed by atoms with Crippen LogP contribution in [-0.4, -0.2) is 5.11 Å². The fourth-order valence-corrected chi connectivity index (χ4v) is 2.04. The van der Waals surface area contributed by atoms with Gasteiger partial charge < -0.3 is 9.84 Å². The summed E-state index contributed by atoms with van der Waals surface area (Å²) >= 11 is 3.40. The van der Waals surface area contributed by atoms with Crippen molar-refractivity contribution in [3.63, 3.8) is 0 Å². The second kappa shape index (κ2) is 6.03. The number of ether oxygens (including phenoxy) is 1. The molecular weight excluding hydrogens is 292 g/mol. The number of rotatable bonds is 4. The number of benzene rings is 2. The standard InChI is InChI=1S/C15H15BrO2/c1-2-15(17)11-6-8-13(9-7-11)18-14-5-3-4-12(16)10-14/h3-10,15,17H,2H2,1H3/t15-/m0/s1. The average molecular weight is 307 g/mol. The van der Waals surface area contributed by atoms with Gasteiger partial charge in [-0.3, -0.25) is 0 Å². The van der Waals surface area contributed by atoms with Crippen molar-refractivity contribution in [2.75, 3.05) is 0 Å². The van der Waals surface area contributed by atoms with E-state index in [1.54, 1.807) is 0 Å². The Balaban J connectivity index is 2.11. The summed E-state index contributed by atoms with van der Waals surface area (Å²) in [5.41, 5.74) is 0.916. The summed E-state index contributed by atoms with van der Waals surface area (Å²) in [6, 6.07) is 15.2. The van der Waals surface area contributed by atoms with Gasteiger partial charge in [0.15, 0.2) is 0 Å². The summed E-state index contributed by atoms with van der Waals surface area (Å²) in [6.45, 7) is 1.95. The largest absolute Gasteiger partial charge is 0.457 e. The fraction of sp³-hybridized carbons (Fsp3) is 0.200. The molecule has 1 N–H and O–H groups in total. The monoisotopic (exact) mass is 306 g/mol. The van der Waals surface area contributed by atoms with Crippen LogP contribution in [0.3, 0.4) is 0 Å². The molecule has 0 saturated carbocycles. The van der Waals surface area contributed by atoms with Crippen molar-refractivity contribution in [2.24, 2.45) is 0 Å². The quantitative estimate of drug-likeness (QED) is 0.888. The maximum Gasteiger partial charge on any atom is 0.128 e. The van der Waals surface area contributed by atoms with Crippen molar-refractivity contribution in [1.82, 2.24) is 0 Å². The lowest BCUT2D eigenvalue weighted by atomic mass is 10.1. The molecule has 3 heteroatoms. The third-order valence-corrected chi connectivity index (χ3v) is 3.18.